The number of rotatable bonds is 13. The molecule has 8 nitrogen and oxygen atoms in total. The molecule has 184 valence electrons. The molecule has 3 rings (SSSR count). The Labute approximate surface area is 194 Å². The zero-order chi connectivity index (χ0) is 24.0. The maximum absolute atomic E-state index is 14.2. The van der Waals surface area contributed by atoms with Gasteiger partial charge in [0.05, 0.1) is 18.2 Å². The number of halogens is 1. The number of carbonyl (C=O) groups is 2. The maximum atomic E-state index is 14.2. The van der Waals surface area contributed by atoms with Crippen LogP contribution in [0.5, 0.6) is 5.75 Å². The van der Waals surface area contributed by atoms with Crippen LogP contribution in [0.15, 0.2) is 18.2 Å². The molecule has 1 aromatic carbocycles. The highest BCUT2D eigenvalue weighted by atomic mass is 19.1. The number of hydrogen-bond acceptors (Lipinski definition) is 7. The van der Waals surface area contributed by atoms with E-state index in [0.717, 1.165) is 12.8 Å². The van der Waals surface area contributed by atoms with Gasteiger partial charge < -0.3 is 20.3 Å². The normalized spacial score (nSPS) is 21.6. The Morgan fingerprint density at radius 1 is 1.33 bits per heavy atom. The molecule has 1 aliphatic carbocycles. The lowest BCUT2D eigenvalue weighted by molar-refractivity contribution is -0.134. The van der Waals surface area contributed by atoms with Crippen molar-refractivity contribution in [1.82, 2.24) is 15.5 Å². The molecule has 33 heavy (non-hydrogen) atoms. The molecule has 0 bridgehead atoms. The second-order valence-corrected chi connectivity index (χ2v) is 9.26. The Kier molecular flexibility index (Phi) is 8.81. The minimum absolute atomic E-state index is 0.0638. The van der Waals surface area contributed by atoms with Gasteiger partial charge in [0.25, 0.3) is 0 Å². The summed E-state index contributed by atoms with van der Waals surface area (Å²) >= 11 is 0. The lowest BCUT2D eigenvalue weighted by Gasteiger charge is -2.33. The highest BCUT2D eigenvalue weighted by Crippen LogP contribution is 2.35. The summed E-state index contributed by atoms with van der Waals surface area (Å²) in [7, 11) is 1.77. The van der Waals surface area contributed by atoms with E-state index in [9.17, 15) is 24.2 Å². The van der Waals surface area contributed by atoms with Crippen molar-refractivity contribution in [3.05, 3.63) is 29.6 Å². The fourth-order valence-electron chi connectivity index (χ4n) is 3.96. The molecule has 1 saturated carbocycles. The summed E-state index contributed by atoms with van der Waals surface area (Å²) in [5.74, 6) is -0.384. The van der Waals surface area contributed by atoms with Crippen LogP contribution in [0.25, 0.3) is 0 Å². The highest BCUT2D eigenvalue weighted by molar-refractivity contribution is 6.00. The smallest absolute Gasteiger partial charge is 0.243 e. The third kappa shape index (κ3) is 7.20. The van der Waals surface area contributed by atoms with E-state index in [0.29, 0.717) is 56.9 Å². The molecular formula is C24H36FN3O5. The van der Waals surface area contributed by atoms with Gasteiger partial charge in [0.15, 0.2) is 11.6 Å². The number of benzene rings is 1. The van der Waals surface area contributed by atoms with Gasteiger partial charge in [0.1, 0.15) is 6.23 Å². The van der Waals surface area contributed by atoms with Gasteiger partial charge in [-0.2, -0.15) is 0 Å². The Morgan fingerprint density at radius 3 is 2.76 bits per heavy atom. The number of imide groups is 1. The molecule has 0 aromatic heterocycles. The monoisotopic (exact) mass is 465 g/mol. The minimum Gasteiger partial charge on any atom is -0.490 e. The van der Waals surface area contributed by atoms with Gasteiger partial charge in [-0.15, -0.1) is 0 Å². The first kappa shape index (κ1) is 25.6. The molecule has 1 aliphatic heterocycles. The molecule has 3 atom stereocenters. The van der Waals surface area contributed by atoms with E-state index in [2.05, 4.69) is 10.6 Å². The second-order valence-electron chi connectivity index (χ2n) is 9.26. The fraction of sp³-hybridized carbons (Fsp3) is 0.667. The third-order valence-corrected chi connectivity index (χ3v) is 6.57. The molecule has 2 fully saturated rings. The van der Waals surface area contributed by atoms with Crippen molar-refractivity contribution < 1.29 is 28.9 Å². The molecule has 2 amide bonds. The lowest BCUT2D eigenvalue weighted by atomic mass is 9.86. The summed E-state index contributed by atoms with van der Waals surface area (Å²) < 4.78 is 19.8. The highest BCUT2D eigenvalue weighted by Gasteiger charge is 2.33. The standard InChI is InChI=1S/C24H36FN3O5/c1-3-24(32,17-7-8-18(25)20(13-17)33-15-16-5-6-16)14-22(30)28(2)12-4-11-26-19-9-10-21(29)27-23(19)31/h7-8,13,16,19,22,26,30,32H,3-6,9-12,14-15H2,1-2H3,(H,27,29,31). The van der Waals surface area contributed by atoms with Crippen molar-refractivity contribution in [3.63, 3.8) is 0 Å². The number of aliphatic hydroxyl groups excluding tert-OH is 1. The van der Waals surface area contributed by atoms with Crippen molar-refractivity contribution in [3.8, 4) is 5.75 Å². The van der Waals surface area contributed by atoms with Crippen LogP contribution in [0.1, 0.15) is 57.4 Å². The van der Waals surface area contributed by atoms with E-state index in [1.54, 1.807) is 18.0 Å². The van der Waals surface area contributed by atoms with Gasteiger partial charge in [0.2, 0.25) is 11.8 Å². The topological polar surface area (TPSA) is 111 Å². The summed E-state index contributed by atoms with van der Waals surface area (Å²) in [4.78, 5) is 24.7. The summed E-state index contributed by atoms with van der Waals surface area (Å²) in [6.07, 6.45) is 3.18. The average molecular weight is 466 g/mol. The van der Waals surface area contributed by atoms with E-state index in [4.69, 9.17) is 4.74 Å². The number of amides is 2. The predicted octanol–water partition coefficient (Wildman–Crippen LogP) is 1.64. The van der Waals surface area contributed by atoms with Crippen molar-refractivity contribution >= 4 is 11.8 Å². The number of hydrogen-bond donors (Lipinski definition) is 4. The molecule has 0 radical (unpaired) electrons. The zero-order valence-electron chi connectivity index (χ0n) is 19.5. The molecule has 3 unspecified atom stereocenters. The number of piperidine rings is 1. The number of nitrogens with zero attached hydrogens (tertiary/aromatic N) is 1. The molecule has 9 heteroatoms. The average Bonchev–Trinajstić information content (AvgIpc) is 3.61. The summed E-state index contributed by atoms with van der Waals surface area (Å²) in [5.41, 5.74) is -0.812. The first-order valence-corrected chi connectivity index (χ1v) is 11.8. The van der Waals surface area contributed by atoms with Crippen molar-refractivity contribution in [2.24, 2.45) is 5.92 Å². The van der Waals surface area contributed by atoms with Crippen LogP contribution in [0.3, 0.4) is 0 Å². The summed E-state index contributed by atoms with van der Waals surface area (Å²) in [6.45, 7) is 3.40. The Hall–Kier alpha value is -2.07. The van der Waals surface area contributed by atoms with E-state index >= 15 is 0 Å². The van der Waals surface area contributed by atoms with Gasteiger partial charge >= 0.3 is 0 Å². The first-order chi connectivity index (χ1) is 15.7. The molecule has 1 heterocycles. The number of aliphatic hydroxyl groups is 2. The molecule has 1 saturated heterocycles. The van der Waals surface area contributed by atoms with E-state index < -0.39 is 17.6 Å². The zero-order valence-corrected chi connectivity index (χ0v) is 19.5. The van der Waals surface area contributed by atoms with Crippen LogP contribution in [0.4, 0.5) is 4.39 Å². The Bertz CT molecular complexity index is 834. The molecular weight excluding hydrogens is 429 g/mol. The number of ether oxygens (including phenoxy) is 1. The minimum atomic E-state index is -1.33. The number of carbonyl (C=O) groups excluding carboxylic acids is 2. The van der Waals surface area contributed by atoms with E-state index in [1.165, 1.54) is 12.1 Å². The third-order valence-electron chi connectivity index (χ3n) is 6.57. The largest absolute Gasteiger partial charge is 0.490 e. The van der Waals surface area contributed by atoms with Crippen LogP contribution in [-0.4, -0.2) is 65.9 Å². The SMILES string of the molecule is CCC(O)(CC(O)N(C)CCCNC1CCC(=O)NC1=O)c1ccc(F)c(OCC2CC2)c1. The second kappa shape index (κ2) is 11.4. The lowest BCUT2D eigenvalue weighted by Crippen LogP contribution is -2.51. The molecule has 1 aromatic rings. The molecule has 0 spiro atoms. The predicted molar refractivity (Wildman–Crippen MR) is 121 cm³/mol. The van der Waals surface area contributed by atoms with Crippen LogP contribution in [-0.2, 0) is 15.2 Å². The number of nitrogens with one attached hydrogen (secondary N) is 2. The van der Waals surface area contributed by atoms with Crippen molar-refractivity contribution in [2.45, 2.75) is 69.7 Å². The van der Waals surface area contributed by atoms with Crippen LogP contribution in [0.2, 0.25) is 0 Å². The quantitative estimate of drug-likeness (QED) is 0.199. The maximum Gasteiger partial charge on any atom is 0.243 e. The Morgan fingerprint density at radius 2 is 2.09 bits per heavy atom. The molecule has 4 N–H and O–H groups in total. The van der Waals surface area contributed by atoms with Gasteiger partial charge in [0, 0.05) is 19.4 Å². The van der Waals surface area contributed by atoms with Gasteiger partial charge in [-0.05, 0) is 69.3 Å². The van der Waals surface area contributed by atoms with Crippen molar-refractivity contribution in [2.75, 3.05) is 26.7 Å². The fourth-order valence-corrected chi connectivity index (χ4v) is 3.96. The Balaban J connectivity index is 1.49. The molecule has 2 aliphatic rings. The summed E-state index contributed by atoms with van der Waals surface area (Å²) in [6, 6.07) is 4.00. The van der Waals surface area contributed by atoms with Gasteiger partial charge in [-0.3, -0.25) is 19.8 Å². The van der Waals surface area contributed by atoms with Gasteiger partial charge in [-0.1, -0.05) is 13.0 Å². The summed E-state index contributed by atoms with van der Waals surface area (Å²) in [5, 5.41) is 27.4. The van der Waals surface area contributed by atoms with Crippen LogP contribution < -0.4 is 15.4 Å². The van der Waals surface area contributed by atoms with Crippen molar-refractivity contribution in [1.29, 1.82) is 0 Å². The van der Waals surface area contributed by atoms with Crippen LogP contribution in [0, 0.1) is 11.7 Å². The van der Waals surface area contributed by atoms with Gasteiger partial charge in [-0.25, -0.2) is 4.39 Å². The van der Waals surface area contributed by atoms with E-state index in [1.807, 2.05) is 6.92 Å². The van der Waals surface area contributed by atoms with E-state index in [-0.39, 0.29) is 30.0 Å². The van der Waals surface area contributed by atoms with Crippen LogP contribution >= 0.6 is 0 Å². The first-order valence-electron chi connectivity index (χ1n) is 11.8.